The van der Waals surface area contributed by atoms with Crippen molar-refractivity contribution in [2.45, 2.75) is 10.6 Å². The lowest BCUT2D eigenvalue weighted by atomic mass is 10.3. The summed E-state index contributed by atoms with van der Waals surface area (Å²) in [6.45, 7) is 0. The molecule has 1 aromatic carbocycles. The first-order chi connectivity index (χ1) is 8.70. The molecule has 0 saturated heterocycles. The molecule has 0 spiro atoms. The minimum atomic E-state index is -0.207. The van der Waals surface area contributed by atoms with Crippen molar-refractivity contribution in [2.24, 2.45) is 0 Å². The number of anilines is 1. The van der Waals surface area contributed by atoms with Crippen LogP contribution in [0.1, 0.15) is 5.82 Å². The van der Waals surface area contributed by atoms with E-state index in [4.69, 9.17) is 0 Å². The zero-order valence-electron chi connectivity index (χ0n) is 9.65. The molecular formula is C12H11FIN3S. The summed E-state index contributed by atoms with van der Waals surface area (Å²) >= 11 is 3.56. The molecule has 2 aromatic rings. The van der Waals surface area contributed by atoms with Crippen LogP contribution in [0.5, 0.6) is 0 Å². The van der Waals surface area contributed by atoms with Crippen LogP contribution in [0.2, 0.25) is 0 Å². The smallest absolute Gasteiger partial charge is 0.142 e. The number of rotatable bonds is 4. The molecule has 0 unspecified atom stereocenters. The van der Waals surface area contributed by atoms with Gasteiger partial charge in [-0.2, -0.15) is 0 Å². The van der Waals surface area contributed by atoms with Crippen molar-refractivity contribution < 1.29 is 4.39 Å². The van der Waals surface area contributed by atoms with Gasteiger partial charge >= 0.3 is 0 Å². The monoisotopic (exact) mass is 375 g/mol. The number of benzene rings is 1. The number of hydrogen-bond donors (Lipinski definition) is 1. The van der Waals surface area contributed by atoms with E-state index in [9.17, 15) is 4.39 Å². The van der Waals surface area contributed by atoms with Crippen molar-refractivity contribution in [1.29, 1.82) is 0 Å². The van der Waals surface area contributed by atoms with Crippen molar-refractivity contribution in [3.8, 4) is 0 Å². The van der Waals surface area contributed by atoms with Crippen LogP contribution in [0.3, 0.4) is 0 Å². The highest BCUT2D eigenvalue weighted by Crippen LogP contribution is 2.24. The van der Waals surface area contributed by atoms with Gasteiger partial charge in [0.25, 0.3) is 0 Å². The highest BCUT2D eigenvalue weighted by Gasteiger charge is 2.06. The summed E-state index contributed by atoms with van der Waals surface area (Å²) in [7, 11) is 1.82. The Labute approximate surface area is 123 Å². The molecule has 3 nitrogen and oxygen atoms in total. The number of halogens is 2. The van der Waals surface area contributed by atoms with Crippen molar-refractivity contribution >= 4 is 40.2 Å². The highest BCUT2D eigenvalue weighted by molar-refractivity contribution is 14.1. The molecule has 1 N–H and O–H groups in total. The molecule has 94 valence electrons. The predicted molar refractivity (Wildman–Crippen MR) is 80.3 cm³/mol. The molecule has 0 fully saturated rings. The number of nitrogens with one attached hydrogen (secondary N) is 1. The second kappa shape index (κ2) is 6.33. The summed E-state index contributed by atoms with van der Waals surface area (Å²) in [6, 6.07) is 6.71. The standard InChI is InChI=1S/C12H11FIN3S/c1-15-12-9(14)6-16-11(17-12)7-18-10-5-3-2-4-8(10)13/h2-6H,7H2,1H3,(H,15,16,17). The zero-order valence-corrected chi connectivity index (χ0v) is 12.6. The van der Waals surface area contributed by atoms with Crippen LogP contribution in [-0.4, -0.2) is 17.0 Å². The van der Waals surface area contributed by atoms with Gasteiger partial charge in [0, 0.05) is 18.1 Å². The van der Waals surface area contributed by atoms with Crippen LogP contribution in [0.4, 0.5) is 10.2 Å². The summed E-state index contributed by atoms with van der Waals surface area (Å²) in [6.07, 6.45) is 1.76. The Morgan fingerprint density at radius 2 is 2.17 bits per heavy atom. The maximum Gasteiger partial charge on any atom is 0.142 e. The van der Waals surface area contributed by atoms with Gasteiger partial charge < -0.3 is 5.32 Å². The lowest BCUT2D eigenvalue weighted by Crippen LogP contribution is -2.01. The minimum Gasteiger partial charge on any atom is -0.372 e. The fraction of sp³-hybridized carbons (Fsp3) is 0.167. The number of hydrogen-bond acceptors (Lipinski definition) is 4. The van der Waals surface area contributed by atoms with E-state index in [1.807, 2.05) is 13.1 Å². The van der Waals surface area contributed by atoms with E-state index in [1.165, 1.54) is 17.8 Å². The fourth-order valence-electron chi connectivity index (χ4n) is 1.35. The van der Waals surface area contributed by atoms with E-state index in [1.54, 1.807) is 18.3 Å². The Morgan fingerprint density at radius 1 is 1.39 bits per heavy atom. The molecular weight excluding hydrogens is 364 g/mol. The molecule has 0 aliphatic carbocycles. The van der Waals surface area contributed by atoms with Crippen LogP contribution in [0.15, 0.2) is 35.4 Å². The zero-order chi connectivity index (χ0) is 13.0. The molecule has 2 rings (SSSR count). The minimum absolute atomic E-state index is 0.207. The third-order valence-corrected chi connectivity index (χ3v) is 4.06. The second-order valence-electron chi connectivity index (χ2n) is 3.45. The van der Waals surface area contributed by atoms with Gasteiger partial charge in [-0.05, 0) is 34.7 Å². The molecule has 18 heavy (non-hydrogen) atoms. The largest absolute Gasteiger partial charge is 0.372 e. The average Bonchev–Trinajstić information content (AvgIpc) is 2.39. The third-order valence-electron chi connectivity index (χ3n) is 2.22. The Hall–Kier alpha value is -0.890. The number of thioether (sulfide) groups is 1. The maximum absolute atomic E-state index is 13.4. The van der Waals surface area contributed by atoms with E-state index in [0.29, 0.717) is 16.5 Å². The summed E-state index contributed by atoms with van der Waals surface area (Å²) in [5, 5.41) is 3.00. The van der Waals surface area contributed by atoms with Crippen LogP contribution >= 0.6 is 34.4 Å². The quantitative estimate of drug-likeness (QED) is 0.655. The van der Waals surface area contributed by atoms with E-state index in [-0.39, 0.29) is 5.82 Å². The van der Waals surface area contributed by atoms with Crippen LogP contribution in [0, 0.1) is 9.39 Å². The fourth-order valence-corrected chi connectivity index (χ4v) is 2.69. The maximum atomic E-state index is 13.4. The van der Waals surface area contributed by atoms with Crippen molar-refractivity contribution in [1.82, 2.24) is 9.97 Å². The molecule has 0 aliphatic heterocycles. The second-order valence-corrected chi connectivity index (χ2v) is 5.63. The van der Waals surface area contributed by atoms with Crippen molar-refractivity contribution in [3.05, 3.63) is 45.7 Å². The van der Waals surface area contributed by atoms with Gasteiger partial charge in [-0.15, -0.1) is 11.8 Å². The van der Waals surface area contributed by atoms with Gasteiger partial charge in [-0.1, -0.05) is 12.1 Å². The normalized spacial score (nSPS) is 10.4. The van der Waals surface area contributed by atoms with Gasteiger partial charge in [0.2, 0.25) is 0 Å². The first-order valence-electron chi connectivity index (χ1n) is 5.27. The Morgan fingerprint density at radius 3 is 2.89 bits per heavy atom. The van der Waals surface area contributed by atoms with Crippen LogP contribution in [0.25, 0.3) is 0 Å². The van der Waals surface area contributed by atoms with Gasteiger partial charge in [0.1, 0.15) is 17.5 Å². The highest BCUT2D eigenvalue weighted by atomic mass is 127. The number of aromatic nitrogens is 2. The third kappa shape index (κ3) is 3.32. The topological polar surface area (TPSA) is 37.8 Å². The molecule has 0 atom stereocenters. The molecule has 1 heterocycles. The average molecular weight is 375 g/mol. The van der Waals surface area contributed by atoms with Crippen molar-refractivity contribution in [2.75, 3.05) is 12.4 Å². The first-order valence-corrected chi connectivity index (χ1v) is 7.33. The molecule has 0 amide bonds. The summed E-state index contributed by atoms with van der Waals surface area (Å²) in [5.74, 6) is 1.83. The van der Waals surface area contributed by atoms with Crippen LogP contribution in [-0.2, 0) is 5.75 Å². The van der Waals surface area contributed by atoms with Gasteiger partial charge in [-0.25, -0.2) is 14.4 Å². The Bertz CT molecular complexity index is 551. The van der Waals surface area contributed by atoms with E-state index >= 15 is 0 Å². The molecule has 0 radical (unpaired) electrons. The molecule has 0 bridgehead atoms. The summed E-state index contributed by atoms with van der Waals surface area (Å²) < 4.78 is 14.4. The summed E-state index contributed by atoms with van der Waals surface area (Å²) in [5.41, 5.74) is 0. The Balaban J connectivity index is 2.09. The SMILES string of the molecule is CNc1nc(CSc2ccccc2F)ncc1I. The van der Waals surface area contributed by atoms with E-state index in [0.717, 1.165) is 9.39 Å². The van der Waals surface area contributed by atoms with E-state index in [2.05, 4.69) is 37.9 Å². The molecule has 1 aromatic heterocycles. The first kappa shape index (κ1) is 13.5. The molecule has 0 saturated carbocycles. The predicted octanol–water partition coefficient (Wildman–Crippen LogP) is 3.55. The molecule has 6 heteroatoms. The lowest BCUT2D eigenvalue weighted by molar-refractivity contribution is 0.602. The van der Waals surface area contributed by atoms with Crippen molar-refractivity contribution in [3.63, 3.8) is 0 Å². The lowest BCUT2D eigenvalue weighted by Gasteiger charge is -2.05. The van der Waals surface area contributed by atoms with E-state index < -0.39 is 0 Å². The number of nitrogens with zero attached hydrogens (tertiary/aromatic N) is 2. The Kier molecular flexibility index (Phi) is 4.76. The van der Waals surface area contributed by atoms with Crippen LogP contribution < -0.4 is 5.32 Å². The van der Waals surface area contributed by atoms with Gasteiger partial charge in [0.05, 0.1) is 9.32 Å². The van der Waals surface area contributed by atoms with Gasteiger partial charge in [-0.3, -0.25) is 0 Å². The van der Waals surface area contributed by atoms with Gasteiger partial charge in [0.15, 0.2) is 0 Å². The molecule has 0 aliphatic rings. The summed E-state index contributed by atoms with van der Waals surface area (Å²) in [4.78, 5) is 9.21.